The molecular formula is C20H22N2O8. The lowest BCUT2D eigenvalue weighted by molar-refractivity contribution is -0.384. The van der Waals surface area contributed by atoms with Crippen LogP contribution in [0, 0.1) is 10.1 Å². The molecule has 160 valence electrons. The highest BCUT2D eigenvalue weighted by Crippen LogP contribution is 2.30. The van der Waals surface area contributed by atoms with Gasteiger partial charge in [0.15, 0.2) is 18.1 Å². The van der Waals surface area contributed by atoms with E-state index < -0.39 is 23.4 Å². The molecule has 10 heteroatoms. The molecule has 0 heterocycles. The van der Waals surface area contributed by atoms with Gasteiger partial charge in [0.25, 0.3) is 11.6 Å². The number of nitro benzene ring substituents is 1. The van der Waals surface area contributed by atoms with E-state index in [1.807, 2.05) is 6.92 Å². The number of amides is 1. The fourth-order valence-corrected chi connectivity index (χ4v) is 2.42. The average Bonchev–Trinajstić information content (AvgIpc) is 2.75. The van der Waals surface area contributed by atoms with Crippen LogP contribution in [-0.2, 0) is 9.53 Å². The van der Waals surface area contributed by atoms with Gasteiger partial charge in [-0.05, 0) is 36.8 Å². The van der Waals surface area contributed by atoms with Gasteiger partial charge in [-0.25, -0.2) is 4.79 Å². The summed E-state index contributed by atoms with van der Waals surface area (Å²) in [5, 5.41) is 13.5. The van der Waals surface area contributed by atoms with Gasteiger partial charge in [-0.3, -0.25) is 14.9 Å². The molecule has 2 aromatic rings. The second-order valence-corrected chi connectivity index (χ2v) is 5.98. The third-order valence-corrected chi connectivity index (χ3v) is 3.87. The summed E-state index contributed by atoms with van der Waals surface area (Å²) in [7, 11) is 2.81. The molecule has 0 aliphatic rings. The third kappa shape index (κ3) is 5.84. The molecule has 0 aliphatic carbocycles. The number of hydrogen-bond acceptors (Lipinski definition) is 8. The molecule has 0 aliphatic heterocycles. The van der Waals surface area contributed by atoms with Gasteiger partial charge in [-0.1, -0.05) is 6.92 Å². The molecule has 0 saturated heterocycles. The van der Waals surface area contributed by atoms with Crippen LogP contribution in [0.25, 0.3) is 0 Å². The molecule has 30 heavy (non-hydrogen) atoms. The van der Waals surface area contributed by atoms with Gasteiger partial charge in [0.2, 0.25) is 0 Å². The zero-order valence-electron chi connectivity index (χ0n) is 16.8. The zero-order valence-corrected chi connectivity index (χ0v) is 16.8. The fraction of sp³-hybridized carbons (Fsp3) is 0.300. The Morgan fingerprint density at radius 1 is 1.07 bits per heavy atom. The van der Waals surface area contributed by atoms with E-state index in [1.54, 1.807) is 6.07 Å². The maximum atomic E-state index is 12.2. The smallest absolute Gasteiger partial charge is 0.338 e. The highest BCUT2D eigenvalue weighted by atomic mass is 16.6. The van der Waals surface area contributed by atoms with Crippen LogP contribution < -0.4 is 19.5 Å². The Hall–Kier alpha value is -3.82. The molecule has 0 saturated carbocycles. The number of ether oxygens (including phenoxy) is 4. The lowest BCUT2D eigenvalue weighted by Crippen LogP contribution is -2.21. The predicted octanol–water partition coefficient (Wildman–Crippen LogP) is 3.20. The summed E-state index contributed by atoms with van der Waals surface area (Å²) in [4.78, 5) is 34.8. The molecule has 0 radical (unpaired) electrons. The van der Waals surface area contributed by atoms with Crippen molar-refractivity contribution in [2.45, 2.75) is 13.3 Å². The van der Waals surface area contributed by atoms with E-state index >= 15 is 0 Å². The first-order valence-electron chi connectivity index (χ1n) is 8.99. The number of nitrogens with zero attached hydrogens (tertiary/aromatic N) is 1. The number of benzene rings is 2. The minimum absolute atomic E-state index is 0.0408. The molecule has 0 bridgehead atoms. The highest BCUT2D eigenvalue weighted by Gasteiger charge is 2.19. The maximum absolute atomic E-state index is 12.2. The Labute approximate surface area is 172 Å². The number of rotatable bonds is 10. The molecule has 1 N–H and O–H groups in total. The van der Waals surface area contributed by atoms with Gasteiger partial charge in [0, 0.05) is 0 Å². The van der Waals surface area contributed by atoms with E-state index in [2.05, 4.69) is 5.32 Å². The topological polar surface area (TPSA) is 126 Å². The molecule has 1 amide bonds. The molecule has 2 aromatic carbocycles. The van der Waals surface area contributed by atoms with E-state index in [9.17, 15) is 19.7 Å². The van der Waals surface area contributed by atoms with E-state index in [4.69, 9.17) is 18.9 Å². The van der Waals surface area contributed by atoms with Crippen molar-refractivity contribution in [1.82, 2.24) is 0 Å². The molecular weight excluding hydrogens is 396 g/mol. The second-order valence-electron chi connectivity index (χ2n) is 5.98. The number of nitrogens with one attached hydrogen (secondary N) is 1. The van der Waals surface area contributed by atoms with Crippen molar-refractivity contribution < 1.29 is 33.5 Å². The normalized spacial score (nSPS) is 10.1. The van der Waals surface area contributed by atoms with Crippen molar-refractivity contribution in [2.75, 3.05) is 32.8 Å². The number of carbonyl (C=O) groups is 2. The Kier molecular flexibility index (Phi) is 7.98. The lowest BCUT2D eigenvalue weighted by atomic mass is 10.2. The molecule has 0 unspecified atom stereocenters. The van der Waals surface area contributed by atoms with E-state index in [-0.39, 0.29) is 22.7 Å². The summed E-state index contributed by atoms with van der Waals surface area (Å²) in [6.45, 7) is 1.83. The van der Waals surface area contributed by atoms with Crippen LogP contribution in [0.5, 0.6) is 17.2 Å². The van der Waals surface area contributed by atoms with Crippen molar-refractivity contribution in [3.8, 4) is 17.2 Å². The van der Waals surface area contributed by atoms with Crippen LogP contribution in [-0.4, -0.2) is 44.2 Å². The second kappa shape index (κ2) is 10.6. The predicted molar refractivity (Wildman–Crippen MR) is 107 cm³/mol. The third-order valence-electron chi connectivity index (χ3n) is 3.87. The first-order chi connectivity index (χ1) is 14.4. The number of methoxy groups -OCH3 is 2. The van der Waals surface area contributed by atoms with Crippen LogP contribution in [0.4, 0.5) is 11.4 Å². The average molecular weight is 418 g/mol. The van der Waals surface area contributed by atoms with Gasteiger partial charge < -0.3 is 24.3 Å². The summed E-state index contributed by atoms with van der Waals surface area (Å²) < 4.78 is 20.6. The van der Waals surface area contributed by atoms with Crippen molar-refractivity contribution in [3.05, 3.63) is 52.1 Å². The van der Waals surface area contributed by atoms with Crippen molar-refractivity contribution in [3.63, 3.8) is 0 Å². The SMILES string of the molecule is CCCOc1ccc(C(=O)OCC(=O)Nc2ccc(OC)cc2[N+](=O)[O-])cc1OC. The Morgan fingerprint density at radius 3 is 2.47 bits per heavy atom. The van der Waals surface area contributed by atoms with Crippen LogP contribution in [0.1, 0.15) is 23.7 Å². The van der Waals surface area contributed by atoms with Crippen molar-refractivity contribution in [1.29, 1.82) is 0 Å². The van der Waals surface area contributed by atoms with Crippen molar-refractivity contribution >= 4 is 23.3 Å². The van der Waals surface area contributed by atoms with Crippen molar-refractivity contribution in [2.24, 2.45) is 0 Å². The summed E-state index contributed by atoms with van der Waals surface area (Å²) in [6.07, 6.45) is 0.814. The molecule has 0 spiro atoms. The summed E-state index contributed by atoms with van der Waals surface area (Å²) >= 11 is 0. The standard InChI is InChI=1S/C20H22N2O8/c1-4-9-29-17-8-5-13(10-18(17)28-3)20(24)30-12-19(23)21-15-7-6-14(27-2)11-16(15)22(25)26/h5-8,10-11H,4,9,12H2,1-3H3,(H,21,23). The maximum Gasteiger partial charge on any atom is 0.338 e. The highest BCUT2D eigenvalue weighted by molar-refractivity contribution is 5.97. The lowest BCUT2D eigenvalue weighted by Gasteiger charge is -2.11. The van der Waals surface area contributed by atoms with Crippen LogP contribution >= 0.6 is 0 Å². The molecule has 10 nitrogen and oxygen atoms in total. The largest absolute Gasteiger partial charge is 0.496 e. The van der Waals surface area contributed by atoms with Gasteiger partial charge in [0.1, 0.15) is 11.4 Å². The Balaban J connectivity index is 2.01. The van der Waals surface area contributed by atoms with E-state index in [0.717, 1.165) is 6.42 Å². The van der Waals surface area contributed by atoms with Gasteiger partial charge in [-0.15, -0.1) is 0 Å². The van der Waals surface area contributed by atoms with Crippen LogP contribution in [0.3, 0.4) is 0 Å². The minimum Gasteiger partial charge on any atom is -0.496 e. The molecule has 0 aromatic heterocycles. The minimum atomic E-state index is -0.755. The first-order valence-corrected chi connectivity index (χ1v) is 8.99. The number of esters is 1. The van der Waals surface area contributed by atoms with Gasteiger partial charge in [-0.2, -0.15) is 0 Å². The van der Waals surface area contributed by atoms with Gasteiger partial charge in [0.05, 0.1) is 37.4 Å². The number of anilines is 1. The summed E-state index contributed by atoms with van der Waals surface area (Å²) in [5.74, 6) is -0.371. The molecule has 0 fully saturated rings. The number of hydrogen-bond donors (Lipinski definition) is 1. The van der Waals surface area contributed by atoms with Crippen LogP contribution in [0.2, 0.25) is 0 Å². The Bertz CT molecular complexity index is 929. The quantitative estimate of drug-likeness (QED) is 0.354. The fourth-order valence-electron chi connectivity index (χ4n) is 2.42. The number of nitro groups is 1. The zero-order chi connectivity index (χ0) is 22.1. The molecule has 0 atom stereocenters. The summed E-state index contributed by atoms with van der Waals surface area (Å²) in [6, 6.07) is 8.48. The summed E-state index contributed by atoms with van der Waals surface area (Å²) in [5.41, 5.74) is -0.221. The first kappa shape index (κ1) is 22.5. The van der Waals surface area contributed by atoms with Crippen LogP contribution in [0.15, 0.2) is 36.4 Å². The number of carbonyl (C=O) groups excluding carboxylic acids is 2. The monoisotopic (exact) mass is 418 g/mol. The van der Waals surface area contributed by atoms with E-state index in [1.165, 1.54) is 44.6 Å². The molecule has 2 rings (SSSR count). The van der Waals surface area contributed by atoms with E-state index in [0.29, 0.717) is 18.1 Å². The van der Waals surface area contributed by atoms with Gasteiger partial charge >= 0.3 is 5.97 Å². The Morgan fingerprint density at radius 2 is 1.83 bits per heavy atom.